The Hall–Kier alpha value is -1.93. The standard InChI is InChI=1S/C20H32N3O6P/c1-3-28-30(26,29-4-2)15-10-18(19(24)23-13-11-21-12-14-23)22-20(25)27-16-17-8-6-5-7-9-17/h5-9,18,21H,3-4,10-16H2,1-2H3,(H,22,25)/t18-/m0/s1. The summed E-state index contributed by atoms with van der Waals surface area (Å²) in [6.07, 6.45) is -0.550. The largest absolute Gasteiger partial charge is 0.445 e. The van der Waals surface area contributed by atoms with E-state index in [2.05, 4.69) is 10.6 Å². The number of nitrogens with one attached hydrogen (secondary N) is 2. The lowest BCUT2D eigenvalue weighted by atomic mass is 10.2. The van der Waals surface area contributed by atoms with E-state index < -0.39 is 19.7 Å². The first-order chi connectivity index (χ1) is 14.5. The fraction of sp³-hybridized carbons (Fsp3) is 0.600. The van der Waals surface area contributed by atoms with Gasteiger partial charge in [0.2, 0.25) is 5.91 Å². The molecule has 0 radical (unpaired) electrons. The molecule has 1 saturated heterocycles. The number of ether oxygens (including phenoxy) is 1. The Morgan fingerprint density at radius 3 is 2.37 bits per heavy atom. The van der Waals surface area contributed by atoms with Crippen molar-refractivity contribution >= 4 is 19.6 Å². The lowest BCUT2D eigenvalue weighted by molar-refractivity contribution is -0.134. The number of hydrogen-bond donors (Lipinski definition) is 2. The van der Waals surface area contributed by atoms with E-state index in [0.29, 0.717) is 26.2 Å². The van der Waals surface area contributed by atoms with E-state index in [-0.39, 0.29) is 38.3 Å². The Labute approximate surface area is 178 Å². The van der Waals surface area contributed by atoms with Gasteiger partial charge in [-0.2, -0.15) is 0 Å². The monoisotopic (exact) mass is 441 g/mol. The summed E-state index contributed by atoms with van der Waals surface area (Å²) in [6.45, 7) is 6.50. The molecule has 0 aliphatic carbocycles. The smallest absolute Gasteiger partial charge is 0.408 e. The number of carbonyl (C=O) groups excluding carboxylic acids is 2. The van der Waals surface area contributed by atoms with Crippen LogP contribution in [-0.4, -0.2) is 68.5 Å². The molecule has 1 fully saturated rings. The van der Waals surface area contributed by atoms with Crippen molar-refractivity contribution in [2.24, 2.45) is 0 Å². The number of nitrogens with zero attached hydrogens (tertiary/aromatic N) is 1. The average Bonchev–Trinajstić information content (AvgIpc) is 2.76. The van der Waals surface area contributed by atoms with Crippen molar-refractivity contribution in [3.8, 4) is 0 Å². The molecule has 168 valence electrons. The molecule has 1 heterocycles. The number of hydrogen-bond acceptors (Lipinski definition) is 7. The van der Waals surface area contributed by atoms with Crippen LogP contribution >= 0.6 is 7.60 Å². The van der Waals surface area contributed by atoms with Crippen LogP contribution in [0, 0.1) is 0 Å². The lowest BCUT2D eigenvalue weighted by Gasteiger charge is -2.31. The minimum absolute atomic E-state index is 0.0240. The molecule has 2 amide bonds. The third-order valence-corrected chi connectivity index (χ3v) is 6.68. The summed E-state index contributed by atoms with van der Waals surface area (Å²) in [6, 6.07) is 8.40. The molecule has 0 bridgehead atoms. The maximum Gasteiger partial charge on any atom is 0.408 e. The quantitative estimate of drug-likeness (QED) is 0.508. The fourth-order valence-electron chi connectivity index (χ4n) is 3.12. The summed E-state index contributed by atoms with van der Waals surface area (Å²) in [5.41, 5.74) is 0.842. The molecule has 2 rings (SSSR count). The minimum Gasteiger partial charge on any atom is -0.445 e. The van der Waals surface area contributed by atoms with Crippen molar-refractivity contribution in [3.63, 3.8) is 0 Å². The number of piperazine rings is 1. The molecule has 0 unspecified atom stereocenters. The molecule has 1 aromatic rings. The lowest BCUT2D eigenvalue weighted by Crippen LogP contribution is -2.54. The summed E-state index contributed by atoms with van der Waals surface area (Å²) in [7, 11) is -3.33. The molecule has 2 N–H and O–H groups in total. The molecule has 1 aliphatic heterocycles. The second-order valence-corrected chi connectivity index (χ2v) is 8.98. The third-order valence-electron chi connectivity index (χ3n) is 4.57. The number of rotatable bonds is 11. The SMILES string of the molecule is CCOP(=O)(CC[C@H](NC(=O)OCc1ccccc1)C(=O)N1CCNCC1)OCC. The molecular weight excluding hydrogens is 409 g/mol. The summed E-state index contributed by atoms with van der Waals surface area (Å²) in [4.78, 5) is 27.0. The number of benzene rings is 1. The number of alkyl carbamates (subject to hydrolysis) is 1. The van der Waals surface area contributed by atoms with Crippen LogP contribution in [0.5, 0.6) is 0 Å². The van der Waals surface area contributed by atoms with Gasteiger partial charge in [-0.15, -0.1) is 0 Å². The van der Waals surface area contributed by atoms with Crippen LogP contribution in [0.2, 0.25) is 0 Å². The molecule has 30 heavy (non-hydrogen) atoms. The van der Waals surface area contributed by atoms with E-state index >= 15 is 0 Å². The zero-order valence-corrected chi connectivity index (χ0v) is 18.6. The Morgan fingerprint density at radius 1 is 1.13 bits per heavy atom. The first kappa shape index (κ1) is 24.3. The Kier molecular flexibility index (Phi) is 10.3. The normalized spacial score (nSPS) is 15.5. The molecular formula is C20H32N3O6P. The molecule has 1 atom stereocenters. The summed E-state index contributed by atoms with van der Waals surface area (Å²) < 4.78 is 28.7. The van der Waals surface area contributed by atoms with E-state index in [1.165, 1.54) is 0 Å². The van der Waals surface area contributed by atoms with Gasteiger partial charge in [-0.3, -0.25) is 9.36 Å². The van der Waals surface area contributed by atoms with E-state index in [4.69, 9.17) is 13.8 Å². The molecule has 0 aromatic heterocycles. The Morgan fingerprint density at radius 2 is 1.77 bits per heavy atom. The van der Waals surface area contributed by atoms with Crippen LogP contribution < -0.4 is 10.6 Å². The number of carbonyl (C=O) groups is 2. The van der Waals surface area contributed by atoms with E-state index in [1.807, 2.05) is 30.3 Å². The van der Waals surface area contributed by atoms with Gasteiger partial charge in [0.05, 0.1) is 19.4 Å². The van der Waals surface area contributed by atoms with E-state index in [9.17, 15) is 14.2 Å². The first-order valence-electron chi connectivity index (χ1n) is 10.3. The van der Waals surface area contributed by atoms with Gasteiger partial charge >= 0.3 is 13.7 Å². The van der Waals surface area contributed by atoms with Crippen molar-refractivity contribution < 1.29 is 27.9 Å². The van der Waals surface area contributed by atoms with Crippen LogP contribution in [0.1, 0.15) is 25.8 Å². The summed E-state index contributed by atoms with van der Waals surface area (Å²) >= 11 is 0. The predicted molar refractivity (Wildman–Crippen MR) is 113 cm³/mol. The topological polar surface area (TPSA) is 106 Å². The molecule has 10 heteroatoms. The molecule has 0 spiro atoms. The van der Waals surface area contributed by atoms with Crippen LogP contribution in [0.3, 0.4) is 0 Å². The van der Waals surface area contributed by atoms with E-state index in [1.54, 1.807) is 18.7 Å². The van der Waals surface area contributed by atoms with Gasteiger partial charge in [0.25, 0.3) is 0 Å². The second kappa shape index (κ2) is 12.7. The highest BCUT2D eigenvalue weighted by Gasteiger charge is 2.32. The highest BCUT2D eigenvalue weighted by atomic mass is 31.2. The fourth-order valence-corrected chi connectivity index (χ4v) is 4.81. The molecule has 1 aromatic carbocycles. The third kappa shape index (κ3) is 8.07. The van der Waals surface area contributed by atoms with Crippen LogP contribution in [-0.2, 0) is 29.8 Å². The Bertz CT molecular complexity index is 702. The van der Waals surface area contributed by atoms with Gasteiger partial charge in [0.1, 0.15) is 12.6 Å². The van der Waals surface area contributed by atoms with Crippen molar-refractivity contribution in [1.29, 1.82) is 0 Å². The van der Waals surface area contributed by atoms with Crippen molar-refractivity contribution in [2.75, 3.05) is 45.6 Å². The molecule has 1 aliphatic rings. The minimum atomic E-state index is -3.33. The van der Waals surface area contributed by atoms with Crippen LogP contribution in [0.4, 0.5) is 4.79 Å². The second-order valence-electron chi connectivity index (χ2n) is 6.79. The average molecular weight is 441 g/mol. The molecule has 0 saturated carbocycles. The summed E-state index contributed by atoms with van der Waals surface area (Å²) in [5.74, 6) is -0.229. The first-order valence-corrected chi connectivity index (χ1v) is 12.0. The van der Waals surface area contributed by atoms with Gasteiger partial charge in [0.15, 0.2) is 0 Å². The Balaban J connectivity index is 2.01. The maximum atomic E-state index is 13.0. The summed E-state index contributed by atoms with van der Waals surface area (Å²) in [5, 5.41) is 5.82. The zero-order valence-electron chi connectivity index (χ0n) is 17.7. The van der Waals surface area contributed by atoms with Crippen LogP contribution in [0.15, 0.2) is 30.3 Å². The van der Waals surface area contributed by atoms with Gasteiger partial charge in [-0.1, -0.05) is 30.3 Å². The van der Waals surface area contributed by atoms with Gasteiger partial charge in [0, 0.05) is 26.2 Å². The van der Waals surface area contributed by atoms with Crippen LogP contribution in [0.25, 0.3) is 0 Å². The van der Waals surface area contributed by atoms with Gasteiger partial charge in [-0.05, 0) is 25.8 Å². The van der Waals surface area contributed by atoms with Crippen molar-refractivity contribution in [2.45, 2.75) is 32.9 Å². The number of amides is 2. The van der Waals surface area contributed by atoms with Gasteiger partial charge < -0.3 is 29.3 Å². The molecule has 9 nitrogen and oxygen atoms in total. The highest BCUT2D eigenvalue weighted by molar-refractivity contribution is 7.53. The highest BCUT2D eigenvalue weighted by Crippen LogP contribution is 2.48. The maximum absolute atomic E-state index is 13.0. The van der Waals surface area contributed by atoms with Crippen molar-refractivity contribution in [1.82, 2.24) is 15.5 Å². The van der Waals surface area contributed by atoms with E-state index in [0.717, 1.165) is 5.56 Å². The zero-order chi connectivity index (χ0) is 21.8. The predicted octanol–water partition coefficient (Wildman–Crippen LogP) is 2.37. The van der Waals surface area contributed by atoms with Crippen molar-refractivity contribution in [3.05, 3.63) is 35.9 Å². The van der Waals surface area contributed by atoms with Gasteiger partial charge in [-0.25, -0.2) is 4.79 Å².